The summed E-state index contributed by atoms with van der Waals surface area (Å²) >= 11 is 0. The Labute approximate surface area is 168 Å². The molecule has 2 amide bonds. The Balaban J connectivity index is 1.29. The number of carbonyl (C=O) groups is 2. The number of carbonyl (C=O) groups excluding carboxylic acids is 2. The Morgan fingerprint density at radius 1 is 1.10 bits per heavy atom. The van der Waals surface area contributed by atoms with Crippen LogP contribution in [-0.4, -0.2) is 68.4 Å². The van der Waals surface area contributed by atoms with E-state index < -0.39 is 0 Å². The van der Waals surface area contributed by atoms with E-state index in [0.29, 0.717) is 31.3 Å². The number of anilines is 1. The molecule has 0 bridgehead atoms. The molecule has 3 aliphatic rings. The van der Waals surface area contributed by atoms with E-state index in [2.05, 4.69) is 30.2 Å². The number of fused-ring (bicyclic) bond motifs is 2. The van der Waals surface area contributed by atoms with E-state index >= 15 is 0 Å². The van der Waals surface area contributed by atoms with E-state index in [1.807, 2.05) is 11.8 Å². The van der Waals surface area contributed by atoms with Crippen LogP contribution in [0.5, 0.6) is 0 Å². The lowest BCUT2D eigenvalue weighted by Gasteiger charge is -2.42. The minimum absolute atomic E-state index is 0.0518. The van der Waals surface area contributed by atoms with Crippen LogP contribution in [0.4, 0.5) is 5.95 Å². The lowest BCUT2D eigenvalue weighted by molar-refractivity contribution is -0.122. The highest BCUT2D eigenvalue weighted by Gasteiger charge is 2.57. The van der Waals surface area contributed by atoms with Gasteiger partial charge in [0, 0.05) is 56.2 Å². The van der Waals surface area contributed by atoms with Crippen LogP contribution in [0, 0.1) is 18.8 Å². The Bertz CT molecular complexity index is 926. The van der Waals surface area contributed by atoms with Gasteiger partial charge in [0.05, 0.1) is 17.8 Å². The Morgan fingerprint density at radius 2 is 1.86 bits per heavy atom. The number of nitrogens with zero attached hydrogens (tertiary/aromatic N) is 6. The molecule has 2 atom stereocenters. The van der Waals surface area contributed by atoms with Crippen molar-refractivity contribution >= 4 is 17.8 Å². The van der Waals surface area contributed by atoms with Crippen LogP contribution < -0.4 is 10.2 Å². The van der Waals surface area contributed by atoms with Gasteiger partial charge in [0.1, 0.15) is 5.69 Å². The van der Waals surface area contributed by atoms with Gasteiger partial charge in [-0.1, -0.05) is 0 Å². The summed E-state index contributed by atoms with van der Waals surface area (Å²) in [5, 5.41) is 3.28. The van der Waals surface area contributed by atoms with Gasteiger partial charge in [-0.05, 0) is 25.8 Å². The summed E-state index contributed by atoms with van der Waals surface area (Å²) in [5.41, 5.74) is 0.890. The number of nitrogens with one attached hydrogen (secondary N) is 1. The zero-order chi connectivity index (χ0) is 20.0. The van der Waals surface area contributed by atoms with Crippen LogP contribution in [0.15, 0.2) is 30.9 Å². The van der Waals surface area contributed by atoms with Gasteiger partial charge in [-0.3, -0.25) is 14.6 Å². The van der Waals surface area contributed by atoms with Crippen LogP contribution in [0.25, 0.3) is 0 Å². The average Bonchev–Trinajstić information content (AvgIpc) is 3.30. The van der Waals surface area contributed by atoms with Gasteiger partial charge in [-0.15, -0.1) is 0 Å². The summed E-state index contributed by atoms with van der Waals surface area (Å²) in [5.74, 6) is 0.839. The summed E-state index contributed by atoms with van der Waals surface area (Å²) < 4.78 is 0. The van der Waals surface area contributed by atoms with Gasteiger partial charge < -0.3 is 15.1 Å². The normalized spacial score (nSPS) is 25.2. The number of hydrogen-bond acceptors (Lipinski definition) is 7. The fourth-order valence-electron chi connectivity index (χ4n) is 4.95. The first-order valence-electron chi connectivity index (χ1n) is 9.98. The molecule has 3 saturated heterocycles. The predicted octanol–water partition coefficient (Wildman–Crippen LogP) is 0.432. The number of likely N-dealkylation sites (tertiary alicyclic amines) is 1. The quantitative estimate of drug-likeness (QED) is 0.789. The Morgan fingerprint density at radius 3 is 2.55 bits per heavy atom. The number of aromatic nitrogens is 4. The van der Waals surface area contributed by atoms with Crippen molar-refractivity contribution < 1.29 is 9.59 Å². The van der Waals surface area contributed by atoms with Crippen LogP contribution in [0.2, 0.25) is 0 Å². The summed E-state index contributed by atoms with van der Waals surface area (Å²) in [6, 6.07) is 1.79. The molecule has 0 saturated carbocycles. The monoisotopic (exact) mass is 393 g/mol. The molecule has 1 spiro atoms. The molecule has 2 aromatic rings. The van der Waals surface area contributed by atoms with Crippen molar-refractivity contribution in [3.63, 3.8) is 0 Å². The molecule has 0 unspecified atom stereocenters. The second kappa shape index (κ2) is 6.75. The van der Waals surface area contributed by atoms with Gasteiger partial charge >= 0.3 is 0 Å². The lowest BCUT2D eigenvalue weighted by atomic mass is 9.75. The van der Waals surface area contributed by atoms with Crippen molar-refractivity contribution in [3.05, 3.63) is 42.2 Å². The molecule has 9 nitrogen and oxygen atoms in total. The van der Waals surface area contributed by atoms with Gasteiger partial charge in [0.2, 0.25) is 11.9 Å². The molecular weight excluding hydrogens is 370 g/mol. The van der Waals surface area contributed by atoms with E-state index in [1.54, 1.807) is 24.7 Å². The second-order valence-electron chi connectivity index (χ2n) is 8.15. The first kappa shape index (κ1) is 18.0. The number of amides is 2. The largest absolute Gasteiger partial charge is 0.350 e. The highest BCUT2D eigenvalue weighted by Crippen LogP contribution is 2.44. The molecule has 3 fully saturated rings. The fraction of sp³-hybridized carbons (Fsp3) is 0.500. The Hall–Kier alpha value is -3.10. The van der Waals surface area contributed by atoms with Crippen LogP contribution in [0.1, 0.15) is 29.0 Å². The first-order valence-corrected chi connectivity index (χ1v) is 9.98. The molecule has 9 heteroatoms. The average molecular weight is 393 g/mol. The van der Waals surface area contributed by atoms with E-state index in [9.17, 15) is 9.59 Å². The molecule has 0 aromatic carbocycles. The molecule has 2 aromatic heterocycles. The van der Waals surface area contributed by atoms with Crippen molar-refractivity contribution in [2.24, 2.45) is 11.8 Å². The zero-order valence-corrected chi connectivity index (χ0v) is 16.3. The van der Waals surface area contributed by atoms with E-state index in [-0.39, 0.29) is 29.2 Å². The maximum atomic E-state index is 12.8. The molecule has 3 aliphatic heterocycles. The summed E-state index contributed by atoms with van der Waals surface area (Å²) in [6.45, 7) is 4.44. The van der Waals surface area contributed by atoms with Crippen molar-refractivity contribution in [2.45, 2.75) is 25.3 Å². The third kappa shape index (κ3) is 3.01. The molecular formula is C20H23N7O2. The number of aryl methyl sites for hydroxylation is 1. The summed E-state index contributed by atoms with van der Waals surface area (Å²) in [6.07, 6.45) is 8.08. The van der Waals surface area contributed by atoms with Crippen LogP contribution in [0.3, 0.4) is 0 Å². The molecule has 5 rings (SSSR count). The fourth-order valence-corrected chi connectivity index (χ4v) is 4.95. The van der Waals surface area contributed by atoms with Gasteiger partial charge in [-0.25, -0.2) is 15.0 Å². The molecule has 5 heterocycles. The minimum atomic E-state index is -0.263. The standard InChI is InChI=1S/C20H23N7O2/c1-13-9-24-16(10-23-13)18(29)26-7-3-20(4-8-26)15-12-27(11-14(15)17(28)25-20)19-21-5-2-6-22-19/h2,5-6,9-10,14-15H,3-4,7-8,11-12H2,1H3,(H,25,28)/t14-,15+/m1/s1. The predicted molar refractivity (Wildman–Crippen MR) is 104 cm³/mol. The zero-order valence-electron chi connectivity index (χ0n) is 16.3. The van der Waals surface area contributed by atoms with Crippen molar-refractivity contribution in [3.8, 4) is 0 Å². The van der Waals surface area contributed by atoms with E-state index in [1.165, 1.54) is 6.20 Å². The summed E-state index contributed by atoms with van der Waals surface area (Å²) in [7, 11) is 0. The molecule has 150 valence electrons. The smallest absolute Gasteiger partial charge is 0.274 e. The molecule has 29 heavy (non-hydrogen) atoms. The van der Waals surface area contributed by atoms with Crippen molar-refractivity contribution in [1.29, 1.82) is 0 Å². The number of piperidine rings is 1. The third-order valence-electron chi connectivity index (χ3n) is 6.52. The maximum absolute atomic E-state index is 12.8. The third-order valence-corrected chi connectivity index (χ3v) is 6.52. The van der Waals surface area contributed by atoms with Gasteiger partial charge in [0.25, 0.3) is 5.91 Å². The number of rotatable bonds is 2. The topological polar surface area (TPSA) is 104 Å². The van der Waals surface area contributed by atoms with Crippen LogP contribution >= 0.6 is 0 Å². The first-order chi connectivity index (χ1) is 14.1. The van der Waals surface area contributed by atoms with Crippen LogP contribution in [-0.2, 0) is 4.79 Å². The van der Waals surface area contributed by atoms with Crippen molar-refractivity contribution in [1.82, 2.24) is 30.2 Å². The van der Waals surface area contributed by atoms with Gasteiger partial charge in [0.15, 0.2) is 0 Å². The Kier molecular flexibility index (Phi) is 4.18. The highest BCUT2D eigenvalue weighted by molar-refractivity contribution is 5.92. The molecule has 0 aliphatic carbocycles. The van der Waals surface area contributed by atoms with E-state index in [0.717, 1.165) is 25.1 Å². The highest BCUT2D eigenvalue weighted by atomic mass is 16.2. The maximum Gasteiger partial charge on any atom is 0.274 e. The summed E-state index contributed by atoms with van der Waals surface area (Å²) in [4.78, 5) is 46.4. The number of hydrogen-bond donors (Lipinski definition) is 1. The lowest BCUT2D eigenvalue weighted by Crippen LogP contribution is -2.56. The van der Waals surface area contributed by atoms with Gasteiger partial charge in [-0.2, -0.15) is 0 Å². The molecule has 1 N–H and O–H groups in total. The van der Waals surface area contributed by atoms with E-state index in [4.69, 9.17) is 0 Å². The second-order valence-corrected chi connectivity index (χ2v) is 8.15. The van der Waals surface area contributed by atoms with Crippen molar-refractivity contribution in [2.75, 3.05) is 31.1 Å². The SMILES string of the molecule is Cc1cnc(C(=O)N2CCC3(CC2)NC(=O)[C@@H]2CN(c4ncccn4)C[C@@H]23)cn1. The minimum Gasteiger partial charge on any atom is -0.350 e. The molecule has 0 radical (unpaired) electrons.